The molecule has 3 heterocycles. The van der Waals surface area contributed by atoms with E-state index in [4.69, 9.17) is 11.6 Å². The first-order valence-electron chi connectivity index (χ1n) is 11.6. The van der Waals surface area contributed by atoms with Gasteiger partial charge < -0.3 is 10.2 Å². The van der Waals surface area contributed by atoms with Crippen LogP contribution < -0.4 is 10.2 Å². The Bertz CT molecular complexity index is 1510. The summed E-state index contributed by atoms with van der Waals surface area (Å²) in [6.07, 6.45) is 3.59. The average Bonchev–Trinajstić information content (AvgIpc) is 3.38. The highest BCUT2D eigenvalue weighted by atomic mass is 35.5. The van der Waals surface area contributed by atoms with Gasteiger partial charge in [0.25, 0.3) is 5.69 Å². The van der Waals surface area contributed by atoms with Crippen molar-refractivity contribution >= 4 is 52.5 Å². The number of fused-ring (bicyclic) bond motifs is 5. The summed E-state index contributed by atoms with van der Waals surface area (Å²) >= 11 is 5.92. The molecule has 37 heavy (non-hydrogen) atoms. The van der Waals surface area contributed by atoms with E-state index >= 15 is 0 Å². The molecule has 3 aromatic carbocycles. The van der Waals surface area contributed by atoms with Crippen LogP contribution in [0.3, 0.4) is 0 Å². The number of hydrogen-bond donors (Lipinski definition) is 1. The molecule has 3 aromatic rings. The summed E-state index contributed by atoms with van der Waals surface area (Å²) in [5, 5.41) is 14.0. The molecule has 0 radical (unpaired) electrons. The number of halogens is 1. The van der Waals surface area contributed by atoms with Crippen LogP contribution in [0.15, 0.2) is 79.0 Å². The number of anilines is 2. The molecule has 3 aliphatic rings. The number of para-hydroxylation sites is 1. The second-order valence-corrected chi connectivity index (χ2v) is 9.50. The Hall–Kier alpha value is -4.50. The molecular formula is C27H19ClN4O5. The van der Waals surface area contributed by atoms with Crippen LogP contribution >= 0.6 is 11.6 Å². The smallest absolute Gasteiger partial charge is 0.289 e. The molecule has 184 valence electrons. The molecule has 0 aromatic heterocycles. The molecular weight excluding hydrogens is 496 g/mol. The zero-order valence-corrected chi connectivity index (χ0v) is 19.9. The molecule has 1 N–H and O–H groups in total. The summed E-state index contributed by atoms with van der Waals surface area (Å²) in [7, 11) is 0. The second-order valence-electron chi connectivity index (χ2n) is 9.09. The van der Waals surface area contributed by atoms with Gasteiger partial charge in [0.05, 0.1) is 28.5 Å². The fraction of sp³-hybridized carbons (Fsp3) is 0.148. The number of carbonyl (C=O) groups is 3. The number of benzene rings is 3. The lowest BCUT2D eigenvalue weighted by Gasteiger charge is -2.35. The molecule has 4 atom stereocenters. The lowest BCUT2D eigenvalue weighted by atomic mass is 9.84. The van der Waals surface area contributed by atoms with Gasteiger partial charge in [-0.15, -0.1) is 0 Å². The molecule has 10 heteroatoms. The number of carbonyl (C=O) groups excluding carboxylic acids is 3. The van der Waals surface area contributed by atoms with Crippen LogP contribution in [0.4, 0.5) is 17.1 Å². The van der Waals surface area contributed by atoms with Gasteiger partial charge in [-0.3, -0.25) is 24.5 Å². The van der Waals surface area contributed by atoms with E-state index in [0.29, 0.717) is 5.69 Å². The fourth-order valence-corrected chi connectivity index (χ4v) is 5.82. The third kappa shape index (κ3) is 3.50. The molecule has 2 saturated heterocycles. The summed E-state index contributed by atoms with van der Waals surface area (Å²) in [6.45, 7) is 0. The Morgan fingerprint density at radius 1 is 0.946 bits per heavy atom. The lowest BCUT2D eigenvalue weighted by molar-refractivity contribution is -0.384. The third-order valence-electron chi connectivity index (χ3n) is 7.15. The van der Waals surface area contributed by atoms with Crippen molar-refractivity contribution in [2.24, 2.45) is 11.8 Å². The van der Waals surface area contributed by atoms with Crippen molar-refractivity contribution < 1.29 is 19.3 Å². The Kier molecular flexibility index (Phi) is 5.31. The molecule has 1 unspecified atom stereocenters. The summed E-state index contributed by atoms with van der Waals surface area (Å²) in [5.74, 6) is -3.10. The number of nitrogens with one attached hydrogen (secondary N) is 1. The molecule has 0 saturated carbocycles. The minimum atomic E-state index is -1.01. The summed E-state index contributed by atoms with van der Waals surface area (Å²) in [4.78, 5) is 54.9. The molecule has 3 aliphatic heterocycles. The van der Waals surface area contributed by atoms with Crippen LogP contribution in [0, 0.1) is 22.0 Å². The van der Waals surface area contributed by atoms with E-state index in [2.05, 4.69) is 5.32 Å². The van der Waals surface area contributed by atoms with Crippen molar-refractivity contribution in [3.05, 3.63) is 105 Å². The topological polar surface area (TPSA) is 113 Å². The predicted octanol–water partition coefficient (Wildman–Crippen LogP) is 4.40. The highest BCUT2D eigenvalue weighted by Crippen LogP contribution is 2.53. The highest BCUT2D eigenvalue weighted by Gasteiger charge is 2.64. The molecule has 0 aliphatic carbocycles. The molecule has 0 bridgehead atoms. The van der Waals surface area contributed by atoms with Crippen molar-refractivity contribution in [1.29, 1.82) is 0 Å². The van der Waals surface area contributed by atoms with Crippen molar-refractivity contribution in [2.75, 3.05) is 10.2 Å². The standard InChI is InChI=1S/C27H19ClN4O5/c28-19-11-10-16(14-20(19)32(36)37)29-25(33)24-22-21(23-18-9-5-4-6-15(18)12-13-30(23)24)26(34)31(27(22)35)17-7-2-1-3-8-17/h1-14,21-24H,(H,29,33)/t21-,22+,23?,24-/m0/s1. The highest BCUT2D eigenvalue weighted by molar-refractivity contribution is 6.32. The fourth-order valence-electron chi connectivity index (χ4n) is 5.64. The van der Waals surface area contributed by atoms with Crippen molar-refractivity contribution in [3.63, 3.8) is 0 Å². The normalized spacial score (nSPS) is 23.5. The van der Waals surface area contributed by atoms with Crippen molar-refractivity contribution in [1.82, 2.24) is 4.90 Å². The molecule has 2 fully saturated rings. The summed E-state index contributed by atoms with van der Waals surface area (Å²) in [6, 6.07) is 18.6. The van der Waals surface area contributed by atoms with Crippen LogP contribution in [0.2, 0.25) is 5.02 Å². The first-order chi connectivity index (χ1) is 17.9. The minimum Gasteiger partial charge on any atom is -0.357 e. The van der Waals surface area contributed by atoms with E-state index in [9.17, 15) is 24.5 Å². The van der Waals surface area contributed by atoms with Gasteiger partial charge in [0.1, 0.15) is 11.1 Å². The van der Waals surface area contributed by atoms with Gasteiger partial charge in [0.15, 0.2) is 0 Å². The number of hydrogen-bond acceptors (Lipinski definition) is 6. The van der Waals surface area contributed by atoms with Crippen molar-refractivity contribution in [3.8, 4) is 0 Å². The predicted molar refractivity (Wildman–Crippen MR) is 136 cm³/mol. The zero-order chi connectivity index (χ0) is 25.8. The van der Waals surface area contributed by atoms with Crippen LogP contribution in [-0.2, 0) is 14.4 Å². The number of rotatable bonds is 4. The Labute approximate surface area is 216 Å². The lowest BCUT2D eigenvalue weighted by Crippen LogP contribution is -2.46. The van der Waals surface area contributed by atoms with Gasteiger partial charge in [-0.05, 0) is 41.5 Å². The molecule has 3 amide bonds. The first-order valence-corrected chi connectivity index (χ1v) is 12.0. The van der Waals surface area contributed by atoms with Crippen LogP contribution in [0.25, 0.3) is 6.08 Å². The van der Waals surface area contributed by atoms with E-state index in [1.54, 1.807) is 41.4 Å². The van der Waals surface area contributed by atoms with Gasteiger partial charge in [-0.2, -0.15) is 0 Å². The first kappa shape index (κ1) is 22.9. The maximum Gasteiger partial charge on any atom is 0.289 e. The van der Waals surface area contributed by atoms with Crippen LogP contribution in [0.1, 0.15) is 17.2 Å². The Morgan fingerprint density at radius 3 is 2.41 bits per heavy atom. The maximum atomic E-state index is 13.8. The Balaban J connectivity index is 1.42. The largest absolute Gasteiger partial charge is 0.357 e. The summed E-state index contributed by atoms with van der Waals surface area (Å²) in [5.41, 5.74) is 2.03. The minimum absolute atomic E-state index is 0.0605. The van der Waals surface area contributed by atoms with E-state index in [1.807, 2.05) is 30.3 Å². The quantitative estimate of drug-likeness (QED) is 0.313. The average molecular weight is 515 g/mol. The number of nitro groups is 1. The number of amides is 3. The SMILES string of the molecule is O=C(Nc1ccc(Cl)c([N+](=O)[O-])c1)[C@@H]1[C@@H]2C(=O)N(c3ccccc3)C(=O)[C@@H]2C2c3ccccc3C=CN21. The number of imide groups is 1. The Morgan fingerprint density at radius 2 is 1.65 bits per heavy atom. The number of nitrogens with zero attached hydrogens (tertiary/aromatic N) is 3. The van der Waals surface area contributed by atoms with Gasteiger partial charge >= 0.3 is 0 Å². The maximum absolute atomic E-state index is 13.8. The van der Waals surface area contributed by atoms with Crippen LogP contribution in [-0.4, -0.2) is 33.6 Å². The van der Waals surface area contributed by atoms with Crippen molar-refractivity contribution in [2.45, 2.75) is 12.1 Å². The molecule has 0 spiro atoms. The van der Waals surface area contributed by atoms with Gasteiger partial charge in [-0.1, -0.05) is 54.1 Å². The van der Waals surface area contributed by atoms with Gasteiger partial charge in [-0.25, -0.2) is 4.90 Å². The van der Waals surface area contributed by atoms with Crippen LogP contribution in [0.5, 0.6) is 0 Å². The monoisotopic (exact) mass is 514 g/mol. The van der Waals surface area contributed by atoms with E-state index in [1.165, 1.54) is 23.1 Å². The van der Waals surface area contributed by atoms with E-state index < -0.39 is 40.7 Å². The van der Waals surface area contributed by atoms with E-state index in [0.717, 1.165) is 11.1 Å². The number of nitro benzene ring substituents is 1. The van der Waals surface area contributed by atoms with E-state index in [-0.39, 0.29) is 22.3 Å². The molecule has 9 nitrogen and oxygen atoms in total. The zero-order valence-electron chi connectivity index (χ0n) is 19.2. The second kappa shape index (κ2) is 8.56. The molecule has 6 rings (SSSR count). The third-order valence-corrected chi connectivity index (χ3v) is 7.47. The summed E-state index contributed by atoms with van der Waals surface area (Å²) < 4.78 is 0. The van der Waals surface area contributed by atoms with Gasteiger partial charge in [0, 0.05) is 18.0 Å². The van der Waals surface area contributed by atoms with Gasteiger partial charge in [0.2, 0.25) is 17.7 Å².